The summed E-state index contributed by atoms with van der Waals surface area (Å²) in [5, 5.41) is 0. The van der Waals surface area contributed by atoms with Crippen LogP contribution in [0.2, 0.25) is 0 Å². The Balaban J connectivity index is 2.16. The molecule has 0 aliphatic rings. The van der Waals surface area contributed by atoms with Gasteiger partial charge in [0, 0.05) is 36.6 Å². The first kappa shape index (κ1) is 22.8. The molecule has 0 N–H and O–H groups in total. The molecule has 0 atom stereocenters. The molecule has 0 bridgehead atoms. The van der Waals surface area contributed by atoms with Crippen LogP contribution in [0.15, 0.2) is 54.1 Å². The maximum Gasteiger partial charge on any atom is 0.416 e. The fraction of sp³-hybridized carbons (Fsp3) is 0.158. The van der Waals surface area contributed by atoms with Gasteiger partial charge >= 0.3 is 24.0 Å². The molecule has 1 aromatic carbocycles. The van der Waals surface area contributed by atoms with E-state index in [1.807, 2.05) is 0 Å². The zero-order valence-corrected chi connectivity index (χ0v) is 16.0. The summed E-state index contributed by atoms with van der Waals surface area (Å²) in [6.45, 7) is 0. The van der Waals surface area contributed by atoms with E-state index in [0.29, 0.717) is 16.7 Å². The number of halogens is 6. The lowest BCUT2D eigenvalue weighted by atomic mass is 10.1. The molecule has 0 aliphatic heterocycles. The van der Waals surface area contributed by atoms with Crippen molar-refractivity contribution in [2.45, 2.75) is 12.4 Å². The average Bonchev–Trinajstić information content (AvgIpc) is 3.10. The highest BCUT2D eigenvalue weighted by Crippen LogP contribution is 2.36. The second-order valence-electron chi connectivity index (χ2n) is 6.28. The van der Waals surface area contributed by atoms with Crippen LogP contribution in [0.3, 0.4) is 0 Å². The molecule has 2 heterocycles. The number of nitrogens with zero attached hydrogens (tertiary/aromatic N) is 4. The third kappa shape index (κ3) is 4.71. The van der Waals surface area contributed by atoms with Crippen LogP contribution in [0.25, 0.3) is 17.5 Å². The summed E-state index contributed by atoms with van der Waals surface area (Å²) in [7, 11) is 1.08. The Morgan fingerprint density at radius 3 is 2.03 bits per heavy atom. The first-order valence-corrected chi connectivity index (χ1v) is 8.56. The lowest BCUT2D eigenvalue weighted by Gasteiger charge is -2.14. The molecule has 0 radical (unpaired) electrons. The van der Waals surface area contributed by atoms with Gasteiger partial charge in [0.2, 0.25) is 0 Å². The van der Waals surface area contributed by atoms with Gasteiger partial charge in [-0.15, -0.1) is 0 Å². The molecule has 0 aliphatic carbocycles. The Kier molecular flexibility index (Phi) is 5.92. The number of alkyl halides is 6. The zero-order chi connectivity index (χ0) is 23.7. The van der Waals surface area contributed by atoms with Gasteiger partial charge in [-0.3, -0.25) is 9.13 Å². The van der Waals surface area contributed by atoms with Gasteiger partial charge in [0.15, 0.2) is 0 Å². The van der Waals surface area contributed by atoms with Gasteiger partial charge in [0.25, 0.3) is 0 Å². The topological polar surface area (TPSA) is 79.0 Å². The van der Waals surface area contributed by atoms with Gasteiger partial charge in [-0.05, 0) is 18.2 Å². The molecular weight excluding hydrogens is 446 g/mol. The second-order valence-corrected chi connectivity index (χ2v) is 6.28. The van der Waals surface area contributed by atoms with Crippen LogP contribution in [-0.4, -0.2) is 32.2 Å². The predicted octanol–water partition coefficient (Wildman–Crippen LogP) is 3.64. The molecule has 168 valence electrons. The number of aromatic nitrogens is 4. The van der Waals surface area contributed by atoms with Gasteiger partial charge in [-0.25, -0.2) is 19.6 Å². The summed E-state index contributed by atoms with van der Waals surface area (Å²) >= 11 is 0. The maximum atomic E-state index is 13.1. The number of ether oxygens (including phenoxy) is 1. The number of methoxy groups -OCH3 is 1. The zero-order valence-electron chi connectivity index (χ0n) is 16.0. The van der Waals surface area contributed by atoms with Crippen LogP contribution < -0.4 is 5.69 Å². The van der Waals surface area contributed by atoms with E-state index in [9.17, 15) is 35.9 Å². The average molecular weight is 458 g/mol. The summed E-state index contributed by atoms with van der Waals surface area (Å²) in [6.07, 6.45) is -3.44. The van der Waals surface area contributed by atoms with Crippen molar-refractivity contribution >= 4 is 17.7 Å². The van der Waals surface area contributed by atoms with Crippen molar-refractivity contribution in [2.24, 2.45) is 0 Å². The van der Waals surface area contributed by atoms with Crippen molar-refractivity contribution in [1.82, 2.24) is 19.1 Å². The molecule has 7 nitrogen and oxygen atoms in total. The van der Waals surface area contributed by atoms with Crippen LogP contribution in [-0.2, 0) is 21.9 Å². The van der Waals surface area contributed by atoms with E-state index in [1.54, 1.807) is 0 Å². The van der Waals surface area contributed by atoms with E-state index in [0.717, 1.165) is 30.3 Å². The van der Waals surface area contributed by atoms with Crippen molar-refractivity contribution in [1.29, 1.82) is 0 Å². The minimum absolute atomic E-state index is 0.0454. The van der Waals surface area contributed by atoms with E-state index in [1.165, 1.54) is 18.7 Å². The third-order valence-corrected chi connectivity index (χ3v) is 4.20. The number of carbonyl (C=O) groups excluding carboxylic acids is 1. The standard InChI is InChI=1S/C19H12F6N4O3/c1-32-16(30)15(11-7-26-10-27-8-11)9-28-2-3-29(17(28)31)14-5-12(18(20,21)22)4-13(6-14)19(23,24)25/h2-10H,1H3/b15-9+. The fourth-order valence-corrected chi connectivity index (χ4v) is 2.70. The Morgan fingerprint density at radius 1 is 0.969 bits per heavy atom. The molecule has 32 heavy (non-hydrogen) atoms. The summed E-state index contributed by atoms with van der Waals surface area (Å²) < 4.78 is 84.7. The number of hydrogen-bond acceptors (Lipinski definition) is 5. The van der Waals surface area contributed by atoms with Crippen molar-refractivity contribution in [3.63, 3.8) is 0 Å². The van der Waals surface area contributed by atoms with E-state index < -0.39 is 40.8 Å². The lowest BCUT2D eigenvalue weighted by Crippen LogP contribution is -2.22. The van der Waals surface area contributed by atoms with Crippen LogP contribution in [0.1, 0.15) is 16.7 Å². The van der Waals surface area contributed by atoms with Crippen LogP contribution in [0.4, 0.5) is 26.3 Å². The molecule has 2 aromatic heterocycles. The quantitative estimate of drug-likeness (QED) is 0.339. The number of hydrogen-bond donors (Lipinski definition) is 0. The molecule has 0 unspecified atom stereocenters. The van der Waals surface area contributed by atoms with E-state index in [-0.39, 0.29) is 17.2 Å². The third-order valence-electron chi connectivity index (χ3n) is 4.20. The summed E-state index contributed by atoms with van der Waals surface area (Å²) in [5.74, 6) is -0.877. The van der Waals surface area contributed by atoms with Gasteiger partial charge < -0.3 is 4.74 Å². The Morgan fingerprint density at radius 2 is 1.53 bits per heavy atom. The normalized spacial score (nSPS) is 12.7. The van der Waals surface area contributed by atoms with E-state index in [4.69, 9.17) is 0 Å². The molecule has 3 aromatic rings. The Bertz CT molecular complexity index is 1190. The first-order valence-electron chi connectivity index (χ1n) is 8.56. The number of benzene rings is 1. The SMILES string of the molecule is COC(=O)/C(=C/n1ccn(-c2cc(C(F)(F)F)cc(C(F)(F)F)c2)c1=O)c1cncnc1. The summed E-state index contributed by atoms with van der Waals surface area (Å²) in [4.78, 5) is 32.3. The first-order chi connectivity index (χ1) is 14.9. The van der Waals surface area contributed by atoms with E-state index >= 15 is 0 Å². The molecule has 0 saturated heterocycles. The largest absolute Gasteiger partial charge is 0.465 e. The van der Waals surface area contributed by atoms with E-state index in [2.05, 4.69) is 14.7 Å². The van der Waals surface area contributed by atoms with Gasteiger partial charge in [-0.2, -0.15) is 26.3 Å². The van der Waals surface area contributed by atoms with Gasteiger partial charge in [-0.1, -0.05) is 0 Å². The number of imidazole rings is 1. The highest BCUT2D eigenvalue weighted by molar-refractivity contribution is 6.20. The van der Waals surface area contributed by atoms with Gasteiger partial charge in [0.1, 0.15) is 6.33 Å². The molecular formula is C19H12F6N4O3. The van der Waals surface area contributed by atoms with Crippen LogP contribution in [0, 0.1) is 0 Å². The number of rotatable bonds is 4. The summed E-state index contributed by atoms with van der Waals surface area (Å²) in [6, 6.07) is 0.782. The van der Waals surface area contributed by atoms with Crippen molar-refractivity contribution < 1.29 is 35.9 Å². The Labute approximate surface area is 175 Å². The molecule has 3 rings (SSSR count). The van der Waals surface area contributed by atoms with Gasteiger partial charge in [0.05, 0.1) is 29.5 Å². The smallest absolute Gasteiger partial charge is 0.416 e. The second kappa shape index (κ2) is 8.32. The highest BCUT2D eigenvalue weighted by atomic mass is 19.4. The summed E-state index contributed by atoms with van der Waals surface area (Å²) in [5.41, 5.74) is -4.85. The molecule has 0 fully saturated rings. The highest BCUT2D eigenvalue weighted by Gasteiger charge is 2.37. The fourth-order valence-electron chi connectivity index (χ4n) is 2.70. The predicted molar refractivity (Wildman–Crippen MR) is 98.2 cm³/mol. The van der Waals surface area contributed by atoms with Crippen molar-refractivity contribution in [3.8, 4) is 5.69 Å². The number of carbonyl (C=O) groups is 1. The van der Waals surface area contributed by atoms with Crippen LogP contribution >= 0.6 is 0 Å². The molecule has 0 amide bonds. The van der Waals surface area contributed by atoms with Crippen LogP contribution in [0.5, 0.6) is 0 Å². The minimum Gasteiger partial charge on any atom is -0.465 e. The van der Waals surface area contributed by atoms with Crippen molar-refractivity contribution in [3.05, 3.63) is 76.5 Å². The van der Waals surface area contributed by atoms with Crippen molar-refractivity contribution in [2.75, 3.05) is 7.11 Å². The lowest BCUT2D eigenvalue weighted by molar-refractivity contribution is -0.143. The monoisotopic (exact) mass is 458 g/mol. The number of esters is 1. The molecule has 13 heteroatoms. The molecule has 0 saturated carbocycles. The maximum absolute atomic E-state index is 13.1. The molecule has 0 spiro atoms. The Hall–Kier alpha value is -3.90. The minimum atomic E-state index is -5.08.